The Morgan fingerprint density at radius 3 is 2.61 bits per heavy atom. The molecule has 3 heteroatoms. The SMILES string of the molecule is CCC(=O)c1ccc(N2CC3CCCC3C2)cn1. The maximum Gasteiger partial charge on any atom is 0.180 e. The Morgan fingerprint density at radius 2 is 2.06 bits per heavy atom. The van der Waals surface area contributed by atoms with Gasteiger partial charge in [0, 0.05) is 19.5 Å². The molecule has 0 radical (unpaired) electrons. The van der Waals surface area contributed by atoms with Crippen LogP contribution in [0.2, 0.25) is 0 Å². The third-order valence-electron chi connectivity index (χ3n) is 4.45. The van der Waals surface area contributed by atoms with E-state index in [9.17, 15) is 4.79 Å². The van der Waals surface area contributed by atoms with Crippen molar-refractivity contribution in [1.29, 1.82) is 0 Å². The monoisotopic (exact) mass is 244 g/mol. The molecule has 0 amide bonds. The number of carbonyl (C=O) groups is 1. The third-order valence-corrected chi connectivity index (χ3v) is 4.45. The molecule has 1 saturated carbocycles. The summed E-state index contributed by atoms with van der Waals surface area (Å²) in [5.41, 5.74) is 1.78. The van der Waals surface area contributed by atoms with Gasteiger partial charge in [-0.15, -0.1) is 0 Å². The van der Waals surface area contributed by atoms with Gasteiger partial charge in [-0.1, -0.05) is 13.3 Å². The van der Waals surface area contributed by atoms with Gasteiger partial charge < -0.3 is 4.90 Å². The molecular weight excluding hydrogens is 224 g/mol. The van der Waals surface area contributed by atoms with Crippen LogP contribution in [0.3, 0.4) is 0 Å². The molecule has 0 bridgehead atoms. The summed E-state index contributed by atoms with van der Waals surface area (Å²) >= 11 is 0. The Labute approximate surface area is 108 Å². The topological polar surface area (TPSA) is 33.2 Å². The van der Waals surface area contributed by atoms with E-state index >= 15 is 0 Å². The van der Waals surface area contributed by atoms with Gasteiger partial charge in [-0.05, 0) is 36.8 Å². The van der Waals surface area contributed by atoms with Gasteiger partial charge in [-0.3, -0.25) is 9.78 Å². The van der Waals surface area contributed by atoms with Gasteiger partial charge in [0.2, 0.25) is 0 Å². The molecule has 3 nitrogen and oxygen atoms in total. The molecule has 0 N–H and O–H groups in total. The lowest BCUT2D eigenvalue weighted by Crippen LogP contribution is -2.21. The molecule has 2 aliphatic rings. The minimum absolute atomic E-state index is 0.125. The van der Waals surface area contributed by atoms with Crippen LogP contribution >= 0.6 is 0 Å². The molecule has 0 aromatic carbocycles. The summed E-state index contributed by atoms with van der Waals surface area (Å²) in [6, 6.07) is 3.92. The normalized spacial score (nSPS) is 26.4. The highest BCUT2D eigenvalue weighted by Gasteiger charge is 2.36. The van der Waals surface area contributed by atoms with Crippen LogP contribution in [0.5, 0.6) is 0 Å². The predicted octanol–water partition coefficient (Wildman–Crippen LogP) is 2.91. The first-order chi connectivity index (χ1) is 8.78. The molecule has 1 saturated heterocycles. The van der Waals surface area contributed by atoms with E-state index in [0.29, 0.717) is 12.1 Å². The van der Waals surface area contributed by atoms with E-state index < -0.39 is 0 Å². The van der Waals surface area contributed by atoms with Gasteiger partial charge in [0.1, 0.15) is 5.69 Å². The number of carbonyl (C=O) groups excluding carboxylic acids is 1. The van der Waals surface area contributed by atoms with Crippen LogP contribution in [0, 0.1) is 11.8 Å². The van der Waals surface area contributed by atoms with Crippen LogP contribution in [0.25, 0.3) is 0 Å². The quantitative estimate of drug-likeness (QED) is 0.766. The molecule has 1 aromatic rings. The second kappa shape index (κ2) is 4.71. The van der Waals surface area contributed by atoms with Gasteiger partial charge in [0.05, 0.1) is 11.9 Å². The van der Waals surface area contributed by atoms with Gasteiger partial charge in [0.25, 0.3) is 0 Å². The summed E-state index contributed by atoms with van der Waals surface area (Å²) in [6.07, 6.45) is 6.58. The number of Topliss-reactive ketones (excluding diaryl/α,β-unsaturated/α-hetero) is 1. The van der Waals surface area contributed by atoms with Crippen LogP contribution < -0.4 is 4.90 Å². The van der Waals surface area contributed by atoms with Crippen molar-refractivity contribution in [1.82, 2.24) is 4.98 Å². The summed E-state index contributed by atoms with van der Waals surface area (Å²) in [5, 5.41) is 0. The highest BCUT2D eigenvalue weighted by atomic mass is 16.1. The molecule has 2 unspecified atom stereocenters. The van der Waals surface area contributed by atoms with Crippen molar-refractivity contribution in [3.8, 4) is 0 Å². The molecule has 18 heavy (non-hydrogen) atoms. The Hall–Kier alpha value is -1.38. The molecule has 2 heterocycles. The average molecular weight is 244 g/mol. The summed E-state index contributed by atoms with van der Waals surface area (Å²) < 4.78 is 0. The van der Waals surface area contributed by atoms with Crippen molar-refractivity contribution in [2.75, 3.05) is 18.0 Å². The lowest BCUT2D eigenvalue weighted by molar-refractivity contribution is 0.0983. The van der Waals surface area contributed by atoms with E-state index in [1.54, 1.807) is 0 Å². The Morgan fingerprint density at radius 1 is 1.33 bits per heavy atom. The lowest BCUT2D eigenvalue weighted by Gasteiger charge is -2.19. The first kappa shape index (κ1) is 11.7. The number of rotatable bonds is 3. The molecule has 96 valence electrons. The maximum absolute atomic E-state index is 11.5. The maximum atomic E-state index is 11.5. The molecule has 1 aromatic heterocycles. The minimum Gasteiger partial charge on any atom is -0.370 e. The van der Waals surface area contributed by atoms with Gasteiger partial charge in [-0.25, -0.2) is 0 Å². The zero-order valence-electron chi connectivity index (χ0n) is 10.9. The number of hydrogen-bond donors (Lipinski definition) is 0. The van der Waals surface area contributed by atoms with E-state index in [4.69, 9.17) is 0 Å². The predicted molar refractivity (Wildman–Crippen MR) is 71.9 cm³/mol. The van der Waals surface area contributed by atoms with E-state index in [2.05, 4.69) is 16.0 Å². The third kappa shape index (κ3) is 2.02. The zero-order chi connectivity index (χ0) is 12.5. The van der Waals surface area contributed by atoms with Crippen LogP contribution in [0.15, 0.2) is 18.3 Å². The highest BCUT2D eigenvalue weighted by Crippen LogP contribution is 2.39. The van der Waals surface area contributed by atoms with Gasteiger partial charge in [0.15, 0.2) is 5.78 Å². The number of hydrogen-bond acceptors (Lipinski definition) is 3. The summed E-state index contributed by atoms with van der Waals surface area (Å²) in [7, 11) is 0. The van der Waals surface area contributed by atoms with Gasteiger partial charge >= 0.3 is 0 Å². The lowest BCUT2D eigenvalue weighted by atomic mass is 10.0. The zero-order valence-corrected chi connectivity index (χ0v) is 10.9. The van der Waals surface area contributed by atoms with Crippen LogP contribution in [0.1, 0.15) is 43.1 Å². The summed E-state index contributed by atoms with van der Waals surface area (Å²) in [6.45, 7) is 4.22. The van der Waals surface area contributed by atoms with E-state index in [0.717, 1.165) is 11.8 Å². The highest BCUT2D eigenvalue weighted by molar-refractivity contribution is 5.94. The number of fused-ring (bicyclic) bond motifs is 1. The largest absolute Gasteiger partial charge is 0.370 e. The Bertz CT molecular complexity index is 428. The fraction of sp³-hybridized carbons (Fsp3) is 0.600. The standard InChI is InChI=1S/C15H20N2O/c1-2-15(18)14-7-6-13(8-16-14)17-9-11-4-3-5-12(11)10-17/h6-8,11-12H,2-5,9-10H2,1H3. The van der Waals surface area contributed by atoms with Gasteiger partial charge in [-0.2, -0.15) is 0 Å². The van der Waals surface area contributed by atoms with Crippen molar-refractivity contribution in [2.24, 2.45) is 11.8 Å². The molecule has 2 fully saturated rings. The molecule has 1 aliphatic carbocycles. The van der Waals surface area contributed by atoms with Crippen LogP contribution in [0.4, 0.5) is 5.69 Å². The number of pyridine rings is 1. The summed E-state index contributed by atoms with van der Waals surface area (Å²) in [5.74, 6) is 1.91. The molecule has 0 spiro atoms. The number of nitrogens with zero attached hydrogens (tertiary/aromatic N) is 2. The second-order valence-corrected chi connectivity index (χ2v) is 5.53. The molecule has 3 rings (SSSR count). The molecule has 1 aliphatic heterocycles. The van der Waals surface area contributed by atoms with Crippen molar-refractivity contribution in [3.05, 3.63) is 24.0 Å². The molecular formula is C15H20N2O. The van der Waals surface area contributed by atoms with Crippen molar-refractivity contribution in [2.45, 2.75) is 32.6 Å². The van der Waals surface area contributed by atoms with Crippen LogP contribution in [-0.4, -0.2) is 23.9 Å². The van der Waals surface area contributed by atoms with Crippen LogP contribution in [-0.2, 0) is 0 Å². The minimum atomic E-state index is 0.125. The van der Waals surface area contributed by atoms with Crippen molar-refractivity contribution < 1.29 is 4.79 Å². The smallest absolute Gasteiger partial charge is 0.180 e. The first-order valence-electron chi connectivity index (χ1n) is 7.02. The molecule has 2 atom stereocenters. The number of ketones is 1. The Balaban J connectivity index is 1.72. The van der Waals surface area contributed by atoms with E-state index in [1.165, 1.54) is 38.0 Å². The number of aromatic nitrogens is 1. The second-order valence-electron chi connectivity index (χ2n) is 5.53. The fourth-order valence-corrected chi connectivity index (χ4v) is 3.37. The van der Waals surface area contributed by atoms with Crippen molar-refractivity contribution in [3.63, 3.8) is 0 Å². The fourth-order valence-electron chi connectivity index (χ4n) is 3.37. The summed E-state index contributed by atoms with van der Waals surface area (Å²) in [4.78, 5) is 18.3. The first-order valence-corrected chi connectivity index (χ1v) is 7.02. The van der Waals surface area contributed by atoms with E-state index in [1.807, 2.05) is 19.2 Å². The Kier molecular flexibility index (Phi) is 3.06. The van der Waals surface area contributed by atoms with E-state index in [-0.39, 0.29) is 5.78 Å². The average Bonchev–Trinajstić information content (AvgIpc) is 2.99. The number of anilines is 1. The van der Waals surface area contributed by atoms with Crippen molar-refractivity contribution >= 4 is 11.5 Å².